The highest BCUT2D eigenvalue weighted by atomic mass is 32.2. The van der Waals surface area contributed by atoms with Crippen LogP contribution in [0.25, 0.3) is 0 Å². The summed E-state index contributed by atoms with van der Waals surface area (Å²) in [5, 5.41) is 0. The Morgan fingerprint density at radius 1 is 1.30 bits per heavy atom. The van der Waals surface area contributed by atoms with Crippen LogP contribution in [0.1, 0.15) is 11.3 Å². The number of methoxy groups -OCH3 is 1. The summed E-state index contributed by atoms with van der Waals surface area (Å²) in [6.45, 7) is 3.39. The number of aromatic nitrogens is 1. The van der Waals surface area contributed by atoms with Crippen molar-refractivity contribution in [3.63, 3.8) is 0 Å². The number of anilines is 1. The van der Waals surface area contributed by atoms with Crippen molar-refractivity contribution >= 4 is 27.0 Å². The molecule has 20 heavy (non-hydrogen) atoms. The van der Waals surface area contributed by atoms with Gasteiger partial charge >= 0.3 is 4.87 Å². The number of aryl methyl sites for hydroxylation is 2. The standard InChI is InChI=1S/C12H14N2O4S2/c1-7-4-5-10(18-3)9(6-7)14-20(16,17)11-8(2)13-12(15)19-11/h4-6,14H,1-3H3,(H,13,15). The second kappa shape index (κ2) is 5.29. The topological polar surface area (TPSA) is 88.3 Å². The minimum Gasteiger partial charge on any atom is -0.495 e. The molecule has 0 saturated heterocycles. The smallest absolute Gasteiger partial charge is 0.306 e. The van der Waals surface area contributed by atoms with Crippen LogP contribution >= 0.6 is 11.3 Å². The lowest BCUT2D eigenvalue weighted by Crippen LogP contribution is -2.13. The predicted molar refractivity (Wildman–Crippen MR) is 78.2 cm³/mol. The summed E-state index contributed by atoms with van der Waals surface area (Å²) in [7, 11) is -2.35. The molecule has 108 valence electrons. The van der Waals surface area contributed by atoms with E-state index in [-0.39, 0.29) is 4.21 Å². The molecular weight excluding hydrogens is 300 g/mol. The number of thiazole rings is 1. The van der Waals surface area contributed by atoms with Crippen LogP contribution in [0.5, 0.6) is 5.75 Å². The Balaban J connectivity index is 2.46. The summed E-state index contributed by atoms with van der Waals surface area (Å²) in [5.41, 5.74) is 1.55. The molecule has 0 aliphatic rings. The first-order valence-electron chi connectivity index (χ1n) is 5.70. The Morgan fingerprint density at radius 2 is 2.00 bits per heavy atom. The third kappa shape index (κ3) is 2.86. The molecule has 2 N–H and O–H groups in total. The Bertz CT molecular complexity index is 790. The van der Waals surface area contributed by atoms with Gasteiger partial charge in [0, 0.05) is 5.69 Å². The van der Waals surface area contributed by atoms with Gasteiger partial charge in [-0.25, -0.2) is 8.42 Å². The van der Waals surface area contributed by atoms with Crippen LogP contribution in [0.15, 0.2) is 27.2 Å². The molecule has 0 radical (unpaired) electrons. The SMILES string of the molecule is COc1ccc(C)cc1NS(=O)(=O)c1sc(=O)[nH]c1C. The third-order valence-electron chi connectivity index (χ3n) is 2.62. The summed E-state index contributed by atoms with van der Waals surface area (Å²) >= 11 is 0.656. The normalized spacial score (nSPS) is 11.3. The fourth-order valence-electron chi connectivity index (χ4n) is 1.74. The van der Waals surface area contributed by atoms with Gasteiger partial charge in [0.15, 0.2) is 4.21 Å². The molecule has 0 aliphatic heterocycles. The van der Waals surface area contributed by atoms with Gasteiger partial charge in [0.05, 0.1) is 12.8 Å². The van der Waals surface area contributed by atoms with Crippen molar-refractivity contribution in [2.75, 3.05) is 11.8 Å². The summed E-state index contributed by atoms with van der Waals surface area (Å²) in [4.78, 5) is 13.3. The Hall–Kier alpha value is -1.80. The lowest BCUT2D eigenvalue weighted by Gasteiger charge is -2.11. The highest BCUT2D eigenvalue weighted by Crippen LogP contribution is 2.28. The first-order valence-corrected chi connectivity index (χ1v) is 8.00. The molecule has 0 amide bonds. The molecule has 0 saturated carbocycles. The molecule has 1 aromatic heterocycles. The first kappa shape index (κ1) is 14.6. The van der Waals surface area contributed by atoms with Gasteiger partial charge in [0.25, 0.3) is 10.0 Å². The van der Waals surface area contributed by atoms with Crippen LogP contribution in [-0.4, -0.2) is 20.5 Å². The number of ether oxygens (including phenoxy) is 1. The first-order chi connectivity index (χ1) is 9.33. The number of rotatable bonds is 4. The van der Waals surface area contributed by atoms with E-state index in [1.807, 2.05) is 13.0 Å². The van der Waals surface area contributed by atoms with E-state index in [2.05, 4.69) is 9.71 Å². The Kier molecular flexibility index (Phi) is 3.87. The van der Waals surface area contributed by atoms with Gasteiger partial charge in [-0.05, 0) is 31.5 Å². The molecular formula is C12H14N2O4S2. The van der Waals surface area contributed by atoms with Crippen molar-refractivity contribution in [3.8, 4) is 5.75 Å². The van der Waals surface area contributed by atoms with Crippen molar-refractivity contribution in [1.29, 1.82) is 0 Å². The largest absolute Gasteiger partial charge is 0.495 e. The number of hydrogen-bond acceptors (Lipinski definition) is 5. The predicted octanol–water partition coefficient (Wildman–Crippen LogP) is 1.86. The molecule has 1 aromatic carbocycles. The van der Waals surface area contributed by atoms with Crippen molar-refractivity contribution in [2.45, 2.75) is 18.1 Å². The van der Waals surface area contributed by atoms with Crippen LogP contribution < -0.4 is 14.3 Å². The van der Waals surface area contributed by atoms with E-state index in [9.17, 15) is 13.2 Å². The van der Waals surface area contributed by atoms with E-state index in [4.69, 9.17) is 4.74 Å². The molecule has 6 nitrogen and oxygen atoms in total. The van der Waals surface area contributed by atoms with Gasteiger partial charge in [-0.3, -0.25) is 9.52 Å². The Morgan fingerprint density at radius 3 is 2.55 bits per heavy atom. The lowest BCUT2D eigenvalue weighted by molar-refractivity contribution is 0.417. The molecule has 1 heterocycles. The average molecular weight is 314 g/mol. The summed E-state index contributed by atoms with van der Waals surface area (Å²) < 4.78 is 32.2. The van der Waals surface area contributed by atoms with Gasteiger partial charge in [0.1, 0.15) is 5.75 Å². The average Bonchev–Trinajstić information content (AvgIpc) is 2.69. The Labute approximate surface area is 120 Å². The zero-order chi connectivity index (χ0) is 14.9. The van der Waals surface area contributed by atoms with Gasteiger partial charge < -0.3 is 9.72 Å². The van der Waals surface area contributed by atoms with Crippen LogP contribution in [0.2, 0.25) is 0 Å². The van der Waals surface area contributed by atoms with Gasteiger partial charge in [-0.2, -0.15) is 0 Å². The van der Waals surface area contributed by atoms with Crippen LogP contribution in [0.3, 0.4) is 0 Å². The molecule has 2 rings (SSSR count). The van der Waals surface area contributed by atoms with Crippen LogP contribution in [-0.2, 0) is 10.0 Å². The van der Waals surface area contributed by atoms with E-state index in [1.54, 1.807) is 19.1 Å². The number of hydrogen-bond donors (Lipinski definition) is 2. The minimum atomic E-state index is -3.82. The molecule has 0 bridgehead atoms. The monoisotopic (exact) mass is 314 g/mol. The maximum absolute atomic E-state index is 12.3. The highest BCUT2D eigenvalue weighted by molar-refractivity contribution is 7.94. The minimum absolute atomic E-state index is 0.0222. The number of aromatic amines is 1. The van der Waals surface area contributed by atoms with E-state index in [0.29, 0.717) is 28.5 Å². The molecule has 2 aromatic rings. The van der Waals surface area contributed by atoms with Gasteiger partial charge in [-0.1, -0.05) is 17.4 Å². The van der Waals surface area contributed by atoms with E-state index in [0.717, 1.165) is 5.56 Å². The summed E-state index contributed by atoms with van der Waals surface area (Å²) in [6, 6.07) is 5.16. The number of benzene rings is 1. The second-order valence-electron chi connectivity index (χ2n) is 4.24. The fraction of sp³-hybridized carbons (Fsp3) is 0.250. The number of nitrogens with one attached hydrogen (secondary N) is 2. The maximum atomic E-state index is 12.3. The summed E-state index contributed by atoms with van der Waals surface area (Å²) in [6.07, 6.45) is 0. The zero-order valence-electron chi connectivity index (χ0n) is 11.2. The fourth-order valence-corrected chi connectivity index (χ4v) is 4.10. The van der Waals surface area contributed by atoms with Crippen molar-refractivity contribution in [1.82, 2.24) is 4.98 Å². The van der Waals surface area contributed by atoms with Crippen molar-refractivity contribution in [3.05, 3.63) is 39.1 Å². The molecule has 0 aliphatic carbocycles. The molecule has 0 fully saturated rings. The molecule has 8 heteroatoms. The van der Waals surface area contributed by atoms with E-state index in [1.165, 1.54) is 7.11 Å². The van der Waals surface area contributed by atoms with Gasteiger partial charge in [-0.15, -0.1) is 0 Å². The van der Waals surface area contributed by atoms with E-state index < -0.39 is 14.9 Å². The second-order valence-corrected chi connectivity index (χ2v) is 7.10. The lowest BCUT2D eigenvalue weighted by atomic mass is 10.2. The van der Waals surface area contributed by atoms with Crippen LogP contribution in [0, 0.1) is 13.8 Å². The molecule has 0 unspecified atom stereocenters. The van der Waals surface area contributed by atoms with Crippen LogP contribution in [0.4, 0.5) is 5.69 Å². The highest BCUT2D eigenvalue weighted by Gasteiger charge is 2.22. The van der Waals surface area contributed by atoms with Crippen molar-refractivity contribution < 1.29 is 13.2 Å². The van der Waals surface area contributed by atoms with Crippen molar-refractivity contribution in [2.24, 2.45) is 0 Å². The zero-order valence-corrected chi connectivity index (χ0v) is 12.8. The quantitative estimate of drug-likeness (QED) is 0.901. The molecule has 0 atom stereocenters. The third-order valence-corrected chi connectivity index (χ3v) is 5.59. The molecule has 0 spiro atoms. The maximum Gasteiger partial charge on any atom is 0.306 e. The summed E-state index contributed by atoms with van der Waals surface area (Å²) in [5.74, 6) is 0.416. The van der Waals surface area contributed by atoms with Gasteiger partial charge in [0.2, 0.25) is 0 Å². The number of H-pyrrole nitrogens is 1. The number of sulfonamides is 1. The van der Waals surface area contributed by atoms with E-state index >= 15 is 0 Å².